The summed E-state index contributed by atoms with van der Waals surface area (Å²) in [5.41, 5.74) is 14.0. The Bertz CT molecular complexity index is 2630. The van der Waals surface area contributed by atoms with Crippen LogP contribution in [0, 0.1) is 27.7 Å². The molecule has 0 aliphatic heterocycles. The Hall–Kier alpha value is -7.06. The Morgan fingerprint density at radius 3 is 0.907 bits per heavy atom. The minimum absolute atomic E-state index is 0.429. The molecule has 9 rings (SSSR count). The van der Waals surface area contributed by atoms with Crippen molar-refractivity contribution in [1.82, 2.24) is 40.3 Å². The van der Waals surface area contributed by atoms with Gasteiger partial charge in [-0.25, -0.2) is 19.9 Å². The second-order valence-electron chi connectivity index (χ2n) is 13.7. The molecule has 0 N–H and O–H groups in total. The molecule has 0 saturated heterocycles. The fourth-order valence-corrected chi connectivity index (χ4v) is 6.52. The van der Waals surface area contributed by atoms with E-state index in [1.807, 2.05) is 24.3 Å². The van der Waals surface area contributed by atoms with Gasteiger partial charge in [0.1, 0.15) is 34.2 Å². The van der Waals surface area contributed by atoms with Crippen molar-refractivity contribution in [2.75, 3.05) is 0 Å². The number of fused-ring (bicyclic) bond motifs is 3. The lowest BCUT2D eigenvalue weighted by molar-refractivity contribution is 0.982. The Morgan fingerprint density at radius 2 is 0.574 bits per heavy atom. The normalized spacial score (nSPS) is 11.3. The molecule has 0 saturated carbocycles. The predicted octanol–water partition coefficient (Wildman–Crippen LogP) is 10.4. The summed E-state index contributed by atoms with van der Waals surface area (Å²) < 4.78 is 0. The zero-order valence-electron chi connectivity index (χ0n) is 30.3. The molecule has 258 valence electrons. The first-order valence-electron chi connectivity index (χ1n) is 17.9. The number of aryl methyl sites for hydroxylation is 4. The Labute approximate surface area is 312 Å². The van der Waals surface area contributed by atoms with Gasteiger partial charge in [-0.15, -0.1) is 20.4 Å². The van der Waals surface area contributed by atoms with Crippen molar-refractivity contribution in [2.24, 2.45) is 0 Å². The summed E-state index contributed by atoms with van der Waals surface area (Å²) in [7, 11) is 0. The van der Waals surface area contributed by atoms with E-state index in [1.54, 1.807) is 0 Å². The van der Waals surface area contributed by atoms with E-state index in [0.717, 1.165) is 55.4 Å². The first-order valence-corrected chi connectivity index (χ1v) is 17.9. The van der Waals surface area contributed by atoms with E-state index >= 15 is 0 Å². The second kappa shape index (κ2) is 13.5. The molecule has 5 aromatic carbocycles. The highest BCUT2D eigenvalue weighted by molar-refractivity contribution is 6.04. The average molecular weight is 699 g/mol. The minimum Gasteiger partial charge on any atom is -0.242 e. The zero-order chi connectivity index (χ0) is 36.8. The number of hydrogen-bond donors (Lipinski definition) is 0. The zero-order valence-corrected chi connectivity index (χ0v) is 30.3. The van der Waals surface area contributed by atoms with E-state index < -0.39 is 0 Å². The van der Waals surface area contributed by atoms with Crippen LogP contribution in [0.4, 0.5) is 0 Å². The molecule has 54 heavy (non-hydrogen) atoms. The van der Waals surface area contributed by atoms with Gasteiger partial charge < -0.3 is 0 Å². The number of rotatable bonds is 6. The largest absolute Gasteiger partial charge is 0.242 e. The van der Waals surface area contributed by atoms with Crippen LogP contribution >= 0.6 is 0 Å². The van der Waals surface area contributed by atoms with Gasteiger partial charge in [0.05, 0.1) is 11.0 Å². The van der Waals surface area contributed by atoms with Crippen LogP contribution in [0.2, 0.25) is 0 Å². The van der Waals surface area contributed by atoms with Crippen molar-refractivity contribution in [3.63, 3.8) is 0 Å². The molecule has 0 unspecified atom stereocenters. The summed E-state index contributed by atoms with van der Waals surface area (Å²) in [5.74, 6) is 0.858. The van der Waals surface area contributed by atoms with Crippen LogP contribution in [-0.2, 0) is 0 Å². The van der Waals surface area contributed by atoms with Crippen LogP contribution < -0.4 is 0 Å². The molecule has 0 spiro atoms. The molecule has 0 aliphatic carbocycles. The van der Waals surface area contributed by atoms with E-state index in [2.05, 4.69) is 147 Å². The van der Waals surface area contributed by atoms with E-state index in [0.29, 0.717) is 34.4 Å². The van der Waals surface area contributed by atoms with Gasteiger partial charge in [-0.3, -0.25) is 0 Å². The van der Waals surface area contributed by atoms with Crippen LogP contribution in [-0.4, -0.2) is 40.3 Å². The van der Waals surface area contributed by atoms with E-state index in [4.69, 9.17) is 30.1 Å². The molecule has 0 radical (unpaired) electrons. The lowest BCUT2D eigenvalue weighted by Gasteiger charge is -2.12. The molecular formula is C46H34N8. The molecular weight excluding hydrogens is 665 g/mol. The third-order valence-corrected chi connectivity index (χ3v) is 9.65. The molecule has 4 aromatic heterocycles. The quantitative estimate of drug-likeness (QED) is 0.158. The van der Waals surface area contributed by atoms with Crippen molar-refractivity contribution in [2.45, 2.75) is 27.7 Å². The topological polar surface area (TPSA) is 103 Å². The molecule has 8 heteroatoms. The van der Waals surface area contributed by atoms with Gasteiger partial charge in [-0.1, -0.05) is 144 Å². The number of hydrogen-bond acceptors (Lipinski definition) is 8. The first kappa shape index (κ1) is 32.8. The molecule has 0 aliphatic rings. The smallest absolute Gasteiger partial charge is 0.201 e. The summed E-state index contributed by atoms with van der Waals surface area (Å²) in [6, 6.07) is 45.2. The van der Waals surface area contributed by atoms with Crippen LogP contribution in [0.15, 0.2) is 133 Å². The van der Waals surface area contributed by atoms with Gasteiger partial charge in [0, 0.05) is 33.0 Å². The van der Waals surface area contributed by atoms with Gasteiger partial charge in [0.2, 0.25) is 11.6 Å². The average Bonchev–Trinajstić information content (AvgIpc) is 3.21. The van der Waals surface area contributed by atoms with Crippen molar-refractivity contribution in [1.29, 1.82) is 0 Å². The van der Waals surface area contributed by atoms with E-state index in [-0.39, 0.29) is 0 Å². The molecule has 9 aromatic rings. The maximum Gasteiger partial charge on any atom is 0.201 e. The summed E-state index contributed by atoms with van der Waals surface area (Å²) in [4.78, 5) is 20.4. The monoisotopic (exact) mass is 698 g/mol. The Kier molecular flexibility index (Phi) is 8.20. The highest BCUT2D eigenvalue weighted by atomic mass is 15.2. The van der Waals surface area contributed by atoms with E-state index in [9.17, 15) is 0 Å². The lowest BCUT2D eigenvalue weighted by atomic mass is 10.0. The molecule has 0 amide bonds. The lowest BCUT2D eigenvalue weighted by Crippen LogP contribution is -2.02. The third-order valence-electron chi connectivity index (χ3n) is 9.65. The SMILES string of the molecule is Cc1ccc(-c2nnc(-c3ccc4ccc5ccc(-c6nnc(-c7ccc(C)cc7)c(-c7ccc(C)cc7)n6)nc5c4n3)nc2-c2ccc(C)cc2)cc1. The standard InChI is InChI=1S/C46H34N8/c1-27-5-13-31(14-6-27)41-43(35-17-9-29(3)10-18-35)51-53-45(49-41)37-25-23-33-21-22-34-24-26-38(48-40(34)39(33)47-37)46-50-42(32-15-7-28(2)8-16-32)44(52-54-46)36-19-11-30(4)12-20-36/h5-26H,1-4H3. The van der Waals surface area contributed by atoms with Crippen LogP contribution in [0.5, 0.6) is 0 Å². The van der Waals surface area contributed by atoms with Crippen LogP contribution in [0.3, 0.4) is 0 Å². The van der Waals surface area contributed by atoms with Gasteiger partial charge in [0.25, 0.3) is 0 Å². The van der Waals surface area contributed by atoms with Gasteiger partial charge in [0.15, 0.2) is 0 Å². The summed E-state index contributed by atoms with van der Waals surface area (Å²) in [6.07, 6.45) is 0. The molecule has 0 bridgehead atoms. The molecule has 0 atom stereocenters. The Balaban J connectivity index is 1.17. The summed E-state index contributed by atoms with van der Waals surface area (Å²) >= 11 is 0. The van der Waals surface area contributed by atoms with Gasteiger partial charge in [-0.2, -0.15) is 0 Å². The van der Waals surface area contributed by atoms with Crippen molar-refractivity contribution in [3.05, 3.63) is 156 Å². The van der Waals surface area contributed by atoms with Crippen LogP contribution in [0.25, 0.3) is 89.9 Å². The van der Waals surface area contributed by atoms with Crippen molar-refractivity contribution >= 4 is 21.8 Å². The molecule has 0 fully saturated rings. The fraction of sp³-hybridized carbons (Fsp3) is 0.0870. The van der Waals surface area contributed by atoms with Crippen molar-refractivity contribution in [3.8, 4) is 68.1 Å². The fourth-order valence-electron chi connectivity index (χ4n) is 6.52. The highest BCUT2D eigenvalue weighted by Crippen LogP contribution is 2.34. The Morgan fingerprint density at radius 1 is 0.278 bits per heavy atom. The second-order valence-corrected chi connectivity index (χ2v) is 13.7. The maximum atomic E-state index is 5.12. The maximum absolute atomic E-state index is 5.12. The number of pyridine rings is 2. The predicted molar refractivity (Wildman–Crippen MR) is 215 cm³/mol. The molecule has 4 heterocycles. The van der Waals surface area contributed by atoms with Crippen molar-refractivity contribution < 1.29 is 0 Å². The first-order chi connectivity index (χ1) is 26.4. The van der Waals surface area contributed by atoms with E-state index in [1.165, 1.54) is 22.3 Å². The number of aromatic nitrogens is 8. The summed E-state index contributed by atoms with van der Waals surface area (Å²) in [5, 5.41) is 20.6. The third kappa shape index (κ3) is 6.24. The van der Waals surface area contributed by atoms with Crippen LogP contribution in [0.1, 0.15) is 22.3 Å². The number of benzene rings is 5. The van der Waals surface area contributed by atoms with Gasteiger partial charge >= 0.3 is 0 Å². The minimum atomic E-state index is 0.429. The van der Waals surface area contributed by atoms with Gasteiger partial charge in [-0.05, 0) is 39.8 Å². The highest BCUT2D eigenvalue weighted by Gasteiger charge is 2.19. The summed E-state index contributed by atoms with van der Waals surface area (Å²) in [6.45, 7) is 8.28. The number of nitrogens with zero attached hydrogens (tertiary/aromatic N) is 8. The molecule has 8 nitrogen and oxygen atoms in total.